The van der Waals surface area contributed by atoms with Crippen molar-refractivity contribution in [3.05, 3.63) is 16.5 Å². The van der Waals surface area contributed by atoms with Crippen LogP contribution in [-0.2, 0) is 6.42 Å². The number of rotatable bonds is 6. The van der Waals surface area contributed by atoms with E-state index in [1.165, 1.54) is 6.42 Å². The maximum atomic E-state index is 4.64. The maximum Gasteiger partial charge on any atom is 0.133 e. The Morgan fingerprint density at radius 2 is 1.94 bits per heavy atom. The predicted molar refractivity (Wildman–Crippen MR) is 81.0 cm³/mol. The molecular formula is C14H24BrN3. The largest absolute Gasteiger partial charge is 0.357 e. The van der Waals surface area contributed by atoms with Gasteiger partial charge in [-0.25, -0.2) is 9.97 Å². The highest BCUT2D eigenvalue weighted by Gasteiger charge is 2.14. The van der Waals surface area contributed by atoms with Crippen molar-refractivity contribution in [2.45, 2.75) is 53.0 Å². The van der Waals surface area contributed by atoms with E-state index in [0.717, 1.165) is 29.1 Å². The molecule has 1 heterocycles. The average molecular weight is 314 g/mol. The van der Waals surface area contributed by atoms with Gasteiger partial charge in [0.1, 0.15) is 16.2 Å². The highest BCUT2D eigenvalue weighted by Crippen LogP contribution is 2.20. The van der Waals surface area contributed by atoms with Crippen molar-refractivity contribution in [3.63, 3.8) is 0 Å². The molecular weight excluding hydrogens is 290 g/mol. The minimum Gasteiger partial charge on any atom is -0.357 e. The van der Waals surface area contributed by atoms with Crippen LogP contribution < -0.4 is 4.90 Å². The molecule has 4 heteroatoms. The lowest BCUT2D eigenvalue weighted by atomic mass is 10.0. The van der Waals surface area contributed by atoms with Crippen molar-refractivity contribution in [2.75, 3.05) is 11.9 Å². The fraction of sp³-hybridized carbons (Fsp3) is 0.714. The van der Waals surface area contributed by atoms with E-state index in [-0.39, 0.29) is 0 Å². The van der Waals surface area contributed by atoms with Crippen molar-refractivity contribution in [1.82, 2.24) is 9.97 Å². The van der Waals surface area contributed by atoms with Gasteiger partial charge >= 0.3 is 0 Å². The van der Waals surface area contributed by atoms with Crippen LogP contribution in [0.3, 0.4) is 0 Å². The van der Waals surface area contributed by atoms with Gasteiger partial charge in [-0.15, -0.1) is 0 Å². The molecule has 3 nitrogen and oxygen atoms in total. The van der Waals surface area contributed by atoms with Gasteiger partial charge in [0, 0.05) is 25.6 Å². The van der Waals surface area contributed by atoms with Gasteiger partial charge in [0.15, 0.2) is 0 Å². The van der Waals surface area contributed by atoms with E-state index in [4.69, 9.17) is 0 Å². The standard InChI is InChI=1S/C14H24BrN3/c1-6-7-13-16-12(15)9-14(17-13)18(5)11(4)8-10(2)3/h9-11H,6-8H2,1-5H3. The van der Waals surface area contributed by atoms with Gasteiger partial charge < -0.3 is 4.90 Å². The van der Waals surface area contributed by atoms with E-state index in [9.17, 15) is 0 Å². The van der Waals surface area contributed by atoms with Crippen molar-refractivity contribution >= 4 is 21.7 Å². The summed E-state index contributed by atoms with van der Waals surface area (Å²) in [5.41, 5.74) is 0. The van der Waals surface area contributed by atoms with Gasteiger partial charge in [0.05, 0.1) is 0 Å². The van der Waals surface area contributed by atoms with Crippen LogP contribution in [0.5, 0.6) is 0 Å². The second-order valence-corrected chi connectivity index (χ2v) is 6.12. The van der Waals surface area contributed by atoms with Crippen LogP contribution in [0.1, 0.15) is 46.4 Å². The third-order valence-electron chi connectivity index (χ3n) is 3.04. The summed E-state index contributed by atoms with van der Waals surface area (Å²) < 4.78 is 0.875. The Bertz CT molecular complexity index is 379. The number of aryl methyl sites for hydroxylation is 1. The van der Waals surface area contributed by atoms with Crippen LogP contribution in [0.25, 0.3) is 0 Å². The zero-order valence-electron chi connectivity index (χ0n) is 12.1. The molecule has 0 fully saturated rings. The van der Waals surface area contributed by atoms with Crippen LogP contribution in [0.4, 0.5) is 5.82 Å². The summed E-state index contributed by atoms with van der Waals surface area (Å²) in [5, 5.41) is 0. The normalized spacial score (nSPS) is 12.8. The Kier molecular flexibility index (Phi) is 6.06. The fourth-order valence-corrected chi connectivity index (χ4v) is 2.44. The Hall–Kier alpha value is -0.640. The summed E-state index contributed by atoms with van der Waals surface area (Å²) in [6, 6.07) is 2.48. The number of hydrogen-bond acceptors (Lipinski definition) is 3. The first-order valence-corrected chi connectivity index (χ1v) is 7.49. The molecule has 0 aliphatic rings. The molecule has 0 bridgehead atoms. The lowest BCUT2D eigenvalue weighted by Gasteiger charge is -2.27. The van der Waals surface area contributed by atoms with E-state index < -0.39 is 0 Å². The molecule has 0 N–H and O–H groups in total. The molecule has 0 spiro atoms. The quantitative estimate of drug-likeness (QED) is 0.741. The van der Waals surface area contributed by atoms with Gasteiger partial charge in [0.25, 0.3) is 0 Å². The number of nitrogens with zero attached hydrogens (tertiary/aromatic N) is 3. The molecule has 0 radical (unpaired) electrons. The number of aromatic nitrogens is 2. The second kappa shape index (κ2) is 7.07. The molecule has 1 aromatic heterocycles. The molecule has 1 atom stereocenters. The van der Waals surface area contributed by atoms with Crippen molar-refractivity contribution in [3.8, 4) is 0 Å². The average Bonchev–Trinajstić information content (AvgIpc) is 2.26. The topological polar surface area (TPSA) is 29.0 Å². The Balaban J connectivity index is 2.87. The fourth-order valence-electron chi connectivity index (χ4n) is 2.03. The van der Waals surface area contributed by atoms with Gasteiger partial charge in [0.2, 0.25) is 0 Å². The Morgan fingerprint density at radius 3 is 2.50 bits per heavy atom. The monoisotopic (exact) mass is 313 g/mol. The van der Waals surface area contributed by atoms with E-state index in [1.54, 1.807) is 0 Å². The highest BCUT2D eigenvalue weighted by molar-refractivity contribution is 9.10. The Morgan fingerprint density at radius 1 is 1.28 bits per heavy atom. The molecule has 0 aliphatic heterocycles. The molecule has 0 aliphatic carbocycles. The minimum atomic E-state index is 0.487. The minimum absolute atomic E-state index is 0.487. The zero-order valence-corrected chi connectivity index (χ0v) is 13.7. The van der Waals surface area contributed by atoms with Gasteiger partial charge in [-0.1, -0.05) is 20.8 Å². The molecule has 0 amide bonds. The van der Waals surface area contributed by atoms with Gasteiger partial charge in [-0.2, -0.15) is 0 Å². The molecule has 1 rings (SSSR count). The zero-order chi connectivity index (χ0) is 13.7. The Labute approximate surface area is 119 Å². The third kappa shape index (κ3) is 4.56. The van der Waals surface area contributed by atoms with Gasteiger partial charge in [-0.3, -0.25) is 0 Å². The lowest BCUT2D eigenvalue weighted by molar-refractivity contribution is 0.501. The predicted octanol–water partition coefficient (Wildman–Crippen LogP) is 4.06. The van der Waals surface area contributed by atoms with E-state index in [0.29, 0.717) is 12.0 Å². The second-order valence-electron chi connectivity index (χ2n) is 5.30. The SMILES string of the molecule is CCCc1nc(Br)cc(N(C)C(C)CC(C)C)n1. The lowest BCUT2D eigenvalue weighted by Crippen LogP contribution is -2.31. The maximum absolute atomic E-state index is 4.64. The molecule has 1 unspecified atom stereocenters. The first-order chi connectivity index (χ1) is 8.43. The first-order valence-electron chi connectivity index (χ1n) is 6.70. The van der Waals surface area contributed by atoms with E-state index >= 15 is 0 Å². The van der Waals surface area contributed by atoms with Gasteiger partial charge in [-0.05, 0) is 41.6 Å². The first kappa shape index (κ1) is 15.4. The summed E-state index contributed by atoms with van der Waals surface area (Å²) in [6.45, 7) is 8.90. The highest BCUT2D eigenvalue weighted by atomic mass is 79.9. The number of anilines is 1. The smallest absolute Gasteiger partial charge is 0.133 e. The van der Waals surface area contributed by atoms with Crippen LogP contribution in [-0.4, -0.2) is 23.1 Å². The third-order valence-corrected chi connectivity index (χ3v) is 3.44. The number of halogens is 1. The molecule has 18 heavy (non-hydrogen) atoms. The van der Waals surface area contributed by atoms with Crippen molar-refractivity contribution in [1.29, 1.82) is 0 Å². The molecule has 0 saturated heterocycles. The summed E-state index contributed by atoms with van der Waals surface area (Å²) in [6.07, 6.45) is 3.17. The van der Waals surface area contributed by atoms with Crippen LogP contribution in [0, 0.1) is 5.92 Å². The van der Waals surface area contributed by atoms with Crippen LogP contribution >= 0.6 is 15.9 Å². The van der Waals surface area contributed by atoms with Crippen LogP contribution in [0.2, 0.25) is 0 Å². The summed E-state index contributed by atoms with van der Waals surface area (Å²) in [7, 11) is 2.11. The molecule has 0 saturated carbocycles. The molecule has 0 aromatic carbocycles. The molecule has 102 valence electrons. The summed E-state index contributed by atoms with van der Waals surface area (Å²) >= 11 is 3.47. The van der Waals surface area contributed by atoms with E-state index in [2.05, 4.69) is 65.5 Å². The molecule has 1 aromatic rings. The summed E-state index contributed by atoms with van der Waals surface area (Å²) in [5.74, 6) is 2.63. The summed E-state index contributed by atoms with van der Waals surface area (Å²) in [4.78, 5) is 11.3. The van der Waals surface area contributed by atoms with Crippen molar-refractivity contribution in [2.24, 2.45) is 5.92 Å². The van der Waals surface area contributed by atoms with Crippen molar-refractivity contribution < 1.29 is 0 Å². The van der Waals surface area contributed by atoms with E-state index in [1.807, 2.05) is 6.07 Å². The number of hydrogen-bond donors (Lipinski definition) is 0. The van der Waals surface area contributed by atoms with Crippen LogP contribution in [0.15, 0.2) is 10.7 Å².